The molecule has 0 atom stereocenters. The maximum absolute atomic E-state index is 12.0. The van der Waals surface area contributed by atoms with Crippen molar-refractivity contribution in [2.24, 2.45) is 0 Å². The monoisotopic (exact) mass is 390 g/mol. The third-order valence-electron chi connectivity index (χ3n) is 3.46. The Morgan fingerprint density at radius 3 is 2.92 bits per heavy atom. The summed E-state index contributed by atoms with van der Waals surface area (Å²) < 4.78 is 35.0. The number of anilines is 1. The van der Waals surface area contributed by atoms with Crippen LogP contribution in [0.5, 0.6) is 0 Å². The second-order valence-corrected chi connectivity index (χ2v) is 5.85. The topological polar surface area (TPSA) is 64.6 Å². The quantitative estimate of drug-likeness (QED) is 0.577. The molecule has 3 aromatic heterocycles. The van der Waals surface area contributed by atoms with Gasteiger partial charge in [-0.15, -0.1) is 5.10 Å². The predicted molar refractivity (Wildman–Crippen MR) is 89.3 cm³/mol. The van der Waals surface area contributed by atoms with Gasteiger partial charge in [0.2, 0.25) is 5.28 Å². The normalized spacial score (nSPS) is 11.6. The molecule has 0 radical (unpaired) electrons. The summed E-state index contributed by atoms with van der Waals surface area (Å²) in [4.78, 5) is 4.17. The van der Waals surface area contributed by atoms with Crippen molar-refractivity contribution in [3.63, 3.8) is 0 Å². The van der Waals surface area contributed by atoms with Crippen LogP contribution in [0.4, 0.5) is 14.6 Å². The Labute approximate surface area is 151 Å². The largest absolute Gasteiger partial charge is 0.467 e. The smallest absolute Gasteiger partial charge is 0.345 e. The maximum atomic E-state index is 12.0. The first kappa shape index (κ1) is 17.9. The molecule has 6 nitrogen and oxygen atoms in total. The number of fused-ring (bicyclic) bond motifs is 1. The van der Waals surface area contributed by atoms with Crippen molar-refractivity contribution in [3.8, 4) is 0 Å². The molecule has 0 saturated heterocycles. The second-order valence-electron chi connectivity index (χ2n) is 5.15. The van der Waals surface area contributed by atoms with Gasteiger partial charge in [0.1, 0.15) is 16.4 Å². The van der Waals surface area contributed by atoms with E-state index >= 15 is 0 Å². The second kappa shape index (κ2) is 7.99. The average molecular weight is 391 g/mol. The zero-order valence-corrected chi connectivity index (χ0v) is 14.4. The fourth-order valence-corrected chi connectivity index (χ4v) is 2.81. The van der Waals surface area contributed by atoms with E-state index in [2.05, 4.69) is 20.1 Å². The van der Waals surface area contributed by atoms with Crippen LogP contribution in [0.15, 0.2) is 28.9 Å². The van der Waals surface area contributed by atoms with E-state index in [1.165, 1.54) is 4.52 Å². The van der Waals surface area contributed by atoms with Gasteiger partial charge >= 0.3 is 6.61 Å². The van der Waals surface area contributed by atoms with Crippen LogP contribution in [0.25, 0.3) is 5.52 Å². The third kappa shape index (κ3) is 4.39. The highest BCUT2D eigenvalue weighted by Crippen LogP contribution is 2.27. The number of aromatic nitrogens is 3. The SMILES string of the molecule is FC(F)OCCCc1cc2c(NCc3ccco3)nc(Cl)nn2c1Cl. The first-order chi connectivity index (χ1) is 12.0. The lowest BCUT2D eigenvalue weighted by molar-refractivity contribution is -0.129. The number of nitrogens with one attached hydrogen (secondary N) is 1. The van der Waals surface area contributed by atoms with E-state index in [9.17, 15) is 8.78 Å². The van der Waals surface area contributed by atoms with E-state index in [0.29, 0.717) is 35.9 Å². The van der Waals surface area contributed by atoms with E-state index in [1.54, 1.807) is 18.4 Å². The summed E-state index contributed by atoms with van der Waals surface area (Å²) in [5.74, 6) is 1.23. The number of ether oxygens (including phenoxy) is 1. The van der Waals surface area contributed by atoms with Crippen molar-refractivity contribution < 1.29 is 17.9 Å². The Balaban J connectivity index is 1.79. The fourth-order valence-electron chi connectivity index (χ4n) is 2.37. The van der Waals surface area contributed by atoms with Gasteiger partial charge in [-0.25, -0.2) is 4.52 Å². The summed E-state index contributed by atoms with van der Waals surface area (Å²) in [7, 11) is 0. The van der Waals surface area contributed by atoms with Crippen molar-refractivity contribution in [2.45, 2.75) is 26.0 Å². The highest BCUT2D eigenvalue weighted by Gasteiger charge is 2.15. The van der Waals surface area contributed by atoms with Crippen molar-refractivity contribution >= 4 is 34.5 Å². The number of alkyl halides is 2. The summed E-state index contributed by atoms with van der Waals surface area (Å²) >= 11 is 12.3. The van der Waals surface area contributed by atoms with Crippen LogP contribution in [-0.4, -0.2) is 27.8 Å². The summed E-state index contributed by atoms with van der Waals surface area (Å²) in [6, 6.07) is 5.41. The van der Waals surface area contributed by atoms with Gasteiger partial charge < -0.3 is 14.5 Å². The molecule has 10 heteroatoms. The standard InChI is InChI=1S/C15H14Cl2F2N4O2/c16-12-9(3-1-6-25-15(18)19)7-11-13(21-14(17)22-23(11)12)20-8-10-4-2-5-24-10/h2,4-5,7,15H,1,3,6,8H2,(H,20,21,22). The molecule has 1 N–H and O–H groups in total. The molecule has 0 aliphatic heterocycles. The van der Waals surface area contributed by atoms with E-state index < -0.39 is 6.61 Å². The lowest BCUT2D eigenvalue weighted by Gasteiger charge is -2.06. The van der Waals surface area contributed by atoms with Crippen molar-refractivity contribution in [1.82, 2.24) is 14.6 Å². The van der Waals surface area contributed by atoms with Crippen LogP contribution in [0, 0.1) is 0 Å². The third-order valence-corrected chi connectivity index (χ3v) is 4.03. The van der Waals surface area contributed by atoms with Crippen LogP contribution in [0.3, 0.4) is 0 Å². The van der Waals surface area contributed by atoms with E-state index in [4.69, 9.17) is 27.6 Å². The van der Waals surface area contributed by atoms with Gasteiger partial charge in [0, 0.05) is 0 Å². The van der Waals surface area contributed by atoms with Gasteiger partial charge in [-0.1, -0.05) is 11.6 Å². The lowest BCUT2D eigenvalue weighted by Crippen LogP contribution is -2.05. The summed E-state index contributed by atoms with van der Waals surface area (Å²) in [6.45, 7) is -2.42. The van der Waals surface area contributed by atoms with Crippen molar-refractivity contribution in [3.05, 3.63) is 46.2 Å². The molecule has 0 aromatic carbocycles. The minimum absolute atomic E-state index is 0.0273. The lowest BCUT2D eigenvalue weighted by atomic mass is 10.2. The minimum atomic E-state index is -2.77. The number of halogens is 4. The Hall–Kier alpha value is -1.90. The van der Waals surface area contributed by atoms with Gasteiger partial charge in [-0.3, -0.25) is 0 Å². The molecular formula is C15H14Cl2F2N4O2. The molecule has 3 aromatic rings. The molecule has 0 aliphatic carbocycles. The number of nitrogens with zero attached hydrogens (tertiary/aromatic N) is 3. The molecule has 0 unspecified atom stereocenters. The molecule has 134 valence electrons. The van der Waals surface area contributed by atoms with E-state index in [-0.39, 0.29) is 11.9 Å². The van der Waals surface area contributed by atoms with Gasteiger partial charge in [0.25, 0.3) is 0 Å². The molecular weight excluding hydrogens is 377 g/mol. The van der Waals surface area contributed by atoms with Crippen molar-refractivity contribution in [2.75, 3.05) is 11.9 Å². The van der Waals surface area contributed by atoms with Gasteiger partial charge in [-0.2, -0.15) is 13.8 Å². The fraction of sp³-hybridized carbons (Fsp3) is 0.333. The minimum Gasteiger partial charge on any atom is -0.467 e. The molecule has 25 heavy (non-hydrogen) atoms. The van der Waals surface area contributed by atoms with Crippen LogP contribution in [0.1, 0.15) is 17.7 Å². The molecule has 0 fully saturated rings. The molecule has 3 rings (SSSR count). The number of aryl methyl sites for hydroxylation is 1. The first-order valence-corrected chi connectivity index (χ1v) is 8.20. The molecule has 0 saturated carbocycles. The van der Waals surface area contributed by atoms with Crippen LogP contribution < -0.4 is 5.32 Å². The number of furan rings is 1. The summed E-state index contributed by atoms with van der Waals surface area (Å²) in [5, 5.41) is 7.59. The molecule has 0 amide bonds. The van der Waals surface area contributed by atoms with Crippen LogP contribution >= 0.6 is 23.2 Å². The number of hydrogen-bond donors (Lipinski definition) is 1. The van der Waals surface area contributed by atoms with Gasteiger partial charge in [-0.05, 0) is 48.2 Å². The Morgan fingerprint density at radius 2 is 2.20 bits per heavy atom. The van der Waals surface area contributed by atoms with Crippen LogP contribution in [-0.2, 0) is 17.7 Å². The Morgan fingerprint density at radius 1 is 1.36 bits per heavy atom. The highest BCUT2D eigenvalue weighted by atomic mass is 35.5. The van der Waals surface area contributed by atoms with Crippen LogP contribution in [0.2, 0.25) is 10.4 Å². The average Bonchev–Trinajstić information content (AvgIpc) is 3.19. The highest BCUT2D eigenvalue weighted by molar-refractivity contribution is 6.31. The van der Waals surface area contributed by atoms with Gasteiger partial charge in [0.15, 0.2) is 5.82 Å². The summed E-state index contributed by atoms with van der Waals surface area (Å²) in [5.41, 5.74) is 1.38. The molecule has 0 aliphatic rings. The Kier molecular flexibility index (Phi) is 5.72. The summed E-state index contributed by atoms with van der Waals surface area (Å²) in [6.07, 6.45) is 2.44. The van der Waals surface area contributed by atoms with Gasteiger partial charge in [0.05, 0.1) is 19.4 Å². The van der Waals surface area contributed by atoms with E-state index in [0.717, 1.165) is 11.3 Å². The predicted octanol–water partition coefficient (Wildman–Crippen LogP) is 4.41. The zero-order valence-electron chi connectivity index (χ0n) is 12.9. The Bertz CT molecular complexity index is 840. The van der Waals surface area contributed by atoms with E-state index in [1.807, 2.05) is 6.07 Å². The molecule has 0 bridgehead atoms. The number of rotatable bonds is 8. The van der Waals surface area contributed by atoms with Crippen molar-refractivity contribution in [1.29, 1.82) is 0 Å². The molecule has 3 heterocycles. The first-order valence-electron chi connectivity index (χ1n) is 7.44. The zero-order chi connectivity index (χ0) is 17.8. The molecule has 0 spiro atoms. The maximum Gasteiger partial charge on any atom is 0.345 e. The number of hydrogen-bond acceptors (Lipinski definition) is 5.